The Kier molecular flexibility index (Phi) is 19.4. The fourth-order valence-electron chi connectivity index (χ4n) is 10.2. The zero-order chi connectivity index (χ0) is 51.5. The molecule has 1 aromatic rings. The summed E-state index contributed by atoms with van der Waals surface area (Å²) in [6, 6.07) is -0.105. The first-order valence-electron chi connectivity index (χ1n) is 24.4. The molecule has 4 heterocycles. The number of hydrogen-bond donors (Lipinski definition) is 1. The number of carbonyl (C=O) groups excluding carboxylic acids is 4. The molecule has 17 nitrogen and oxygen atoms in total. The number of hydrogen-bond acceptors (Lipinski definition) is 16. The van der Waals surface area contributed by atoms with Crippen LogP contribution in [0.2, 0.25) is 39.3 Å². The van der Waals surface area contributed by atoms with E-state index in [1.165, 1.54) is 32.6 Å². The number of imidazole rings is 1. The topological polar surface area (TPSA) is 193 Å². The van der Waals surface area contributed by atoms with Crippen LogP contribution in [-0.4, -0.2) is 159 Å². The number of rotatable bonds is 14. The standard InChI is InChI=1S/C49H85N3O14Si2/c1-20-24-58-48(10)26-29(3)38(53)31(5)41(54)49(11,64-46(56)52-23-22-50-28-52)36(21-2)61-44(55)33(7)39(62-37-27-47(9,57)43(34(8)60-37)66-68(17,18)19)32(6)42(48)63-45-40(65-67(14,15)16)35(51(12)13)25-30(4)59-45/h20,22-23,28-37,39-40,42-43,45,57H,1,21,24-27H2,2-19H3/t29-,30-,31?,32+,33-,34+,35+,36-,37+,39+,40-,42-,43+,45+,47?,48-,49-/m1/s1. The van der Waals surface area contributed by atoms with Crippen molar-refractivity contribution in [2.75, 3.05) is 20.7 Å². The molecule has 0 aromatic carbocycles. The first-order chi connectivity index (χ1) is 31.3. The number of aliphatic hydroxyl groups is 1. The second-order valence-electron chi connectivity index (χ2n) is 22.3. The molecule has 0 amide bonds. The lowest BCUT2D eigenvalue weighted by atomic mass is 9.74. The van der Waals surface area contributed by atoms with Crippen molar-refractivity contribution >= 4 is 40.3 Å². The van der Waals surface area contributed by atoms with Gasteiger partial charge in [-0.25, -0.2) is 14.3 Å². The van der Waals surface area contributed by atoms with Crippen molar-refractivity contribution in [3.05, 3.63) is 31.4 Å². The van der Waals surface area contributed by atoms with E-state index in [0.717, 1.165) is 4.57 Å². The Labute approximate surface area is 407 Å². The van der Waals surface area contributed by atoms with Crippen molar-refractivity contribution in [1.82, 2.24) is 14.5 Å². The van der Waals surface area contributed by atoms with Crippen LogP contribution in [-0.2, 0) is 56.4 Å². The number of carbonyl (C=O) groups is 4. The minimum Gasteiger partial charge on any atom is -0.457 e. The Balaban J connectivity index is 1.97. The highest BCUT2D eigenvalue weighted by atomic mass is 28.4. The third-order valence-corrected chi connectivity index (χ3v) is 15.5. The Morgan fingerprint density at radius 2 is 1.57 bits per heavy atom. The van der Waals surface area contributed by atoms with Gasteiger partial charge in [0, 0.05) is 36.7 Å². The number of likely N-dealkylation sites (N-methyl/N-ethyl adjacent to an activating group) is 1. The summed E-state index contributed by atoms with van der Waals surface area (Å²) in [6.07, 6.45) is -2.19. The monoisotopic (exact) mass is 996 g/mol. The van der Waals surface area contributed by atoms with E-state index in [2.05, 4.69) is 36.1 Å². The summed E-state index contributed by atoms with van der Waals surface area (Å²) in [5.41, 5.74) is -4.89. The first-order valence-corrected chi connectivity index (χ1v) is 31.2. The van der Waals surface area contributed by atoms with Gasteiger partial charge in [0.15, 0.2) is 35.0 Å². The smallest absolute Gasteiger partial charge is 0.420 e. The fourth-order valence-corrected chi connectivity index (χ4v) is 12.5. The number of cyclic esters (lactones) is 1. The van der Waals surface area contributed by atoms with Gasteiger partial charge in [-0.05, 0) is 121 Å². The van der Waals surface area contributed by atoms with Crippen LogP contribution in [0.1, 0.15) is 94.9 Å². The average molecular weight is 996 g/mol. The van der Waals surface area contributed by atoms with Gasteiger partial charge in [-0.1, -0.05) is 26.8 Å². The van der Waals surface area contributed by atoms with Crippen molar-refractivity contribution in [2.24, 2.45) is 23.7 Å². The van der Waals surface area contributed by atoms with Crippen molar-refractivity contribution < 1.29 is 66.3 Å². The van der Waals surface area contributed by atoms with Gasteiger partial charge in [-0.2, -0.15) is 0 Å². The van der Waals surface area contributed by atoms with E-state index in [4.69, 9.17) is 42.0 Å². The molecular formula is C49H85N3O14Si2. The van der Waals surface area contributed by atoms with Crippen LogP contribution in [0.3, 0.4) is 0 Å². The maximum Gasteiger partial charge on any atom is 0.420 e. The predicted molar refractivity (Wildman–Crippen MR) is 261 cm³/mol. The molecule has 4 rings (SSSR count). The second kappa shape index (κ2) is 22.8. The lowest BCUT2D eigenvalue weighted by Gasteiger charge is -2.51. The molecule has 0 aliphatic carbocycles. The molecule has 3 aliphatic heterocycles. The molecule has 19 heteroatoms. The predicted octanol–water partition coefficient (Wildman–Crippen LogP) is 7.16. The molecule has 1 N–H and O–H groups in total. The Hall–Kier alpha value is -2.70. The Morgan fingerprint density at radius 1 is 0.941 bits per heavy atom. The molecule has 3 saturated heterocycles. The number of aromatic nitrogens is 2. The zero-order valence-electron chi connectivity index (χ0n) is 44.2. The number of esters is 1. The molecule has 2 unspecified atom stereocenters. The van der Waals surface area contributed by atoms with Crippen LogP contribution in [0.5, 0.6) is 0 Å². The van der Waals surface area contributed by atoms with Crippen LogP contribution in [0.25, 0.3) is 0 Å². The lowest BCUT2D eigenvalue weighted by Crippen LogP contribution is -2.63. The normalized spacial score (nSPS) is 39.6. The summed E-state index contributed by atoms with van der Waals surface area (Å²) in [4.78, 5) is 64.3. The first kappa shape index (κ1) is 57.9. The third kappa shape index (κ3) is 14.0. The van der Waals surface area contributed by atoms with Crippen molar-refractivity contribution in [2.45, 2.75) is 212 Å². The maximum atomic E-state index is 15.0. The SMILES string of the molecule is C=CCO[C@]1(C)C[C@@H](C)C(=O)C(C)C(=O)[C@](C)(OC(=O)n2ccnc2)[C@@H](CC)OC(=O)[C@H](C)[C@@H](O[C@H]2CC(C)(O)[C@@H](O[Si](C)(C)C)[C@H](C)O2)[C@H](C)[C@H]1O[C@@H]1O[C@H](C)C[C@H](N(C)C)[C@H]1O[Si](C)(C)C. The molecule has 0 radical (unpaired) electrons. The van der Waals surface area contributed by atoms with Gasteiger partial charge in [-0.3, -0.25) is 14.4 Å². The molecule has 0 bridgehead atoms. The minimum absolute atomic E-state index is 0.00902. The summed E-state index contributed by atoms with van der Waals surface area (Å²) in [6.45, 7) is 33.6. The maximum absolute atomic E-state index is 15.0. The highest BCUT2D eigenvalue weighted by Crippen LogP contribution is 2.43. The molecule has 1 aromatic heterocycles. The summed E-state index contributed by atoms with van der Waals surface area (Å²) in [5, 5.41) is 12.0. The van der Waals surface area contributed by atoms with Crippen LogP contribution < -0.4 is 0 Å². The summed E-state index contributed by atoms with van der Waals surface area (Å²) >= 11 is 0. The number of ether oxygens (including phenoxy) is 7. The van der Waals surface area contributed by atoms with Crippen LogP contribution >= 0.6 is 0 Å². The quantitative estimate of drug-likeness (QED) is 0.0854. The summed E-state index contributed by atoms with van der Waals surface area (Å²) < 4.78 is 61.2. The van der Waals surface area contributed by atoms with Crippen LogP contribution in [0.15, 0.2) is 31.4 Å². The Morgan fingerprint density at radius 3 is 2.10 bits per heavy atom. The highest BCUT2D eigenvalue weighted by Gasteiger charge is 2.56. The number of Topliss-reactive ketones (excluding diaryl/α,β-unsaturated/α-hetero) is 2. The molecule has 388 valence electrons. The minimum atomic E-state index is -2.26. The molecule has 0 spiro atoms. The number of nitrogens with zero attached hydrogens (tertiary/aromatic N) is 3. The van der Waals surface area contributed by atoms with E-state index in [1.807, 2.05) is 61.4 Å². The molecule has 68 heavy (non-hydrogen) atoms. The van der Waals surface area contributed by atoms with Gasteiger partial charge in [0.25, 0.3) is 0 Å². The van der Waals surface area contributed by atoms with Crippen molar-refractivity contribution in [3.63, 3.8) is 0 Å². The van der Waals surface area contributed by atoms with Crippen LogP contribution in [0.4, 0.5) is 4.79 Å². The van der Waals surface area contributed by atoms with Crippen LogP contribution in [0, 0.1) is 23.7 Å². The summed E-state index contributed by atoms with van der Waals surface area (Å²) in [5.74, 6) is -6.04. The van der Waals surface area contributed by atoms with Gasteiger partial charge in [0.2, 0.25) is 5.60 Å². The molecular weight excluding hydrogens is 911 g/mol. The third-order valence-electron chi connectivity index (χ3n) is 13.6. The number of ketones is 2. The van der Waals surface area contributed by atoms with E-state index in [0.29, 0.717) is 6.42 Å². The van der Waals surface area contributed by atoms with E-state index in [1.54, 1.807) is 33.8 Å². The van der Waals surface area contributed by atoms with E-state index >= 15 is 0 Å². The second-order valence-corrected chi connectivity index (χ2v) is 31.3. The zero-order valence-corrected chi connectivity index (χ0v) is 46.2. The summed E-state index contributed by atoms with van der Waals surface area (Å²) in [7, 11) is -0.412. The molecule has 17 atom stereocenters. The molecule has 0 saturated carbocycles. The van der Waals surface area contributed by atoms with Crippen molar-refractivity contribution in [1.29, 1.82) is 0 Å². The van der Waals surface area contributed by atoms with Gasteiger partial charge >= 0.3 is 12.1 Å². The van der Waals surface area contributed by atoms with E-state index in [-0.39, 0.29) is 38.0 Å². The van der Waals surface area contributed by atoms with Crippen molar-refractivity contribution in [3.8, 4) is 0 Å². The van der Waals surface area contributed by atoms with Gasteiger partial charge in [-0.15, -0.1) is 6.58 Å². The van der Waals surface area contributed by atoms with E-state index < -0.39 is 130 Å². The lowest BCUT2D eigenvalue weighted by molar-refractivity contribution is -0.316. The fraction of sp³-hybridized carbons (Fsp3) is 0.816. The van der Waals surface area contributed by atoms with Gasteiger partial charge in [0.05, 0.1) is 60.2 Å². The Bertz CT molecular complexity index is 1870. The molecule has 3 aliphatic rings. The van der Waals surface area contributed by atoms with Gasteiger partial charge in [0.1, 0.15) is 24.3 Å². The molecule has 3 fully saturated rings. The largest absolute Gasteiger partial charge is 0.457 e. The highest BCUT2D eigenvalue weighted by molar-refractivity contribution is 6.70. The van der Waals surface area contributed by atoms with Gasteiger partial charge < -0.3 is 52.0 Å². The average Bonchev–Trinajstić information content (AvgIpc) is 3.78. The van der Waals surface area contributed by atoms with E-state index in [9.17, 15) is 24.3 Å².